The molecule has 1 unspecified atom stereocenters. The Labute approximate surface area is 156 Å². The second kappa shape index (κ2) is 8.85. The maximum atomic E-state index is 13.5. The van der Waals surface area contributed by atoms with Gasteiger partial charge in [0.05, 0.1) is 6.04 Å². The zero-order valence-corrected chi connectivity index (χ0v) is 15.2. The molecular formula is C20H21FN2O2S. The second-order valence-electron chi connectivity index (χ2n) is 6.16. The molecule has 0 aliphatic carbocycles. The van der Waals surface area contributed by atoms with Crippen LogP contribution in [0.2, 0.25) is 0 Å². The second-order valence-corrected chi connectivity index (χ2v) is 7.30. The molecule has 0 aromatic heterocycles. The fraction of sp³-hybridized carbons (Fsp3) is 0.300. The quantitative estimate of drug-likeness (QED) is 0.761. The number of halogens is 1. The molecule has 4 nitrogen and oxygen atoms in total. The van der Waals surface area contributed by atoms with E-state index in [4.69, 9.17) is 0 Å². The van der Waals surface area contributed by atoms with Gasteiger partial charge >= 0.3 is 0 Å². The Hall–Kier alpha value is -2.34. The summed E-state index contributed by atoms with van der Waals surface area (Å²) in [5.41, 5.74) is 1.46. The van der Waals surface area contributed by atoms with Crippen LogP contribution in [0.1, 0.15) is 41.2 Å². The summed E-state index contributed by atoms with van der Waals surface area (Å²) in [6.07, 6.45) is 1.67. The number of nitrogens with one attached hydrogen (secondary N) is 2. The van der Waals surface area contributed by atoms with Crippen LogP contribution in [0.25, 0.3) is 0 Å². The average Bonchev–Trinajstić information content (AvgIpc) is 2.66. The third kappa shape index (κ3) is 4.85. The van der Waals surface area contributed by atoms with Crippen LogP contribution in [0.4, 0.5) is 4.39 Å². The van der Waals surface area contributed by atoms with Gasteiger partial charge in [-0.2, -0.15) is 0 Å². The molecule has 2 N–H and O–H groups in total. The van der Waals surface area contributed by atoms with E-state index in [1.54, 1.807) is 30.0 Å². The van der Waals surface area contributed by atoms with Crippen molar-refractivity contribution in [3.05, 3.63) is 65.5 Å². The van der Waals surface area contributed by atoms with Gasteiger partial charge in [-0.25, -0.2) is 4.39 Å². The monoisotopic (exact) mass is 372 g/mol. The van der Waals surface area contributed by atoms with Crippen molar-refractivity contribution in [1.82, 2.24) is 10.6 Å². The number of fused-ring (bicyclic) bond motifs is 1. The third-order valence-corrected chi connectivity index (χ3v) is 5.37. The van der Waals surface area contributed by atoms with Crippen LogP contribution >= 0.6 is 11.8 Å². The first kappa shape index (κ1) is 18.5. The average molecular weight is 372 g/mol. The third-order valence-electron chi connectivity index (χ3n) is 4.25. The molecule has 0 bridgehead atoms. The van der Waals surface area contributed by atoms with Crippen molar-refractivity contribution in [2.75, 3.05) is 12.3 Å². The lowest BCUT2D eigenvalue weighted by molar-refractivity contribution is -0.122. The van der Waals surface area contributed by atoms with Gasteiger partial charge in [0.2, 0.25) is 5.91 Å². The van der Waals surface area contributed by atoms with Crippen LogP contribution in [0.15, 0.2) is 53.4 Å². The number of benzene rings is 2. The van der Waals surface area contributed by atoms with Crippen molar-refractivity contribution in [1.29, 1.82) is 0 Å². The van der Waals surface area contributed by atoms with E-state index in [1.165, 1.54) is 12.1 Å². The molecule has 1 aliphatic rings. The fourth-order valence-electron chi connectivity index (χ4n) is 2.92. The highest BCUT2D eigenvalue weighted by Gasteiger charge is 2.22. The number of carbonyl (C=O) groups is 2. The molecule has 1 aliphatic heterocycles. The molecule has 2 aromatic carbocycles. The zero-order chi connectivity index (χ0) is 18.4. The van der Waals surface area contributed by atoms with Crippen molar-refractivity contribution in [2.45, 2.75) is 30.2 Å². The normalized spacial score (nSPS) is 15.8. The van der Waals surface area contributed by atoms with Gasteiger partial charge in [0.25, 0.3) is 5.91 Å². The van der Waals surface area contributed by atoms with Gasteiger partial charge in [-0.15, -0.1) is 11.8 Å². The molecule has 136 valence electrons. The number of carbonyl (C=O) groups excluding carboxylic acids is 2. The molecule has 1 atom stereocenters. The summed E-state index contributed by atoms with van der Waals surface area (Å²) in [4.78, 5) is 25.1. The van der Waals surface area contributed by atoms with Crippen LogP contribution in [0.3, 0.4) is 0 Å². The molecule has 0 saturated heterocycles. The summed E-state index contributed by atoms with van der Waals surface area (Å²) in [5.74, 6) is 0.399. The molecule has 0 fully saturated rings. The Morgan fingerprint density at radius 1 is 1.15 bits per heavy atom. The Balaban J connectivity index is 1.44. The van der Waals surface area contributed by atoms with Crippen molar-refractivity contribution < 1.29 is 14.0 Å². The van der Waals surface area contributed by atoms with Crippen molar-refractivity contribution in [2.24, 2.45) is 0 Å². The lowest BCUT2D eigenvalue weighted by Gasteiger charge is -2.26. The van der Waals surface area contributed by atoms with Crippen LogP contribution in [0, 0.1) is 5.82 Å². The number of rotatable bonds is 6. The van der Waals surface area contributed by atoms with Crippen molar-refractivity contribution in [3.63, 3.8) is 0 Å². The van der Waals surface area contributed by atoms with Gasteiger partial charge < -0.3 is 10.6 Å². The minimum atomic E-state index is -0.283. The highest BCUT2D eigenvalue weighted by molar-refractivity contribution is 7.99. The van der Waals surface area contributed by atoms with Crippen LogP contribution in [-0.4, -0.2) is 24.1 Å². The molecule has 2 aromatic rings. The summed E-state index contributed by atoms with van der Waals surface area (Å²) in [6.45, 7) is 0.437. The summed E-state index contributed by atoms with van der Waals surface area (Å²) < 4.78 is 13.5. The van der Waals surface area contributed by atoms with Gasteiger partial charge in [-0.3, -0.25) is 9.59 Å². The molecule has 2 amide bonds. The zero-order valence-electron chi connectivity index (χ0n) is 14.3. The highest BCUT2D eigenvalue weighted by Crippen LogP contribution is 2.36. The topological polar surface area (TPSA) is 58.2 Å². The first-order valence-electron chi connectivity index (χ1n) is 8.68. The van der Waals surface area contributed by atoms with Crippen LogP contribution in [-0.2, 0) is 4.79 Å². The van der Waals surface area contributed by atoms with E-state index in [-0.39, 0.29) is 23.7 Å². The van der Waals surface area contributed by atoms with Gasteiger partial charge in [-0.05, 0) is 48.7 Å². The minimum absolute atomic E-state index is 0.0777. The Morgan fingerprint density at radius 3 is 2.77 bits per heavy atom. The van der Waals surface area contributed by atoms with E-state index in [0.29, 0.717) is 24.9 Å². The maximum Gasteiger partial charge on any atom is 0.251 e. The smallest absolute Gasteiger partial charge is 0.251 e. The first-order chi connectivity index (χ1) is 12.6. The molecule has 26 heavy (non-hydrogen) atoms. The Morgan fingerprint density at radius 2 is 1.96 bits per heavy atom. The van der Waals surface area contributed by atoms with Gasteiger partial charge in [0.15, 0.2) is 0 Å². The fourth-order valence-corrected chi connectivity index (χ4v) is 4.03. The van der Waals surface area contributed by atoms with Crippen molar-refractivity contribution >= 4 is 23.6 Å². The Kier molecular flexibility index (Phi) is 6.28. The van der Waals surface area contributed by atoms with Crippen LogP contribution < -0.4 is 10.6 Å². The number of thioether (sulfide) groups is 1. The lowest BCUT2D eigenvalue weighted by Crippen LogP contribution is -2.31. The molecular weight excluding hydrogens is 351 g/mol. The highest BCUT2D eigenvalue weighted by atomic mass is 32.2. The number of hydrogen-bond donors (Lipinski definition) is 2. The Bertz CT molecular complexity index is 783. The maximum absolute atomic E-state index is 13.5. The predicted molar refractivity (Wildman–Crippen MR) is 101 cm³/mol. The summed E-state index contributed by atoms with van der Waals surface area (Å²) >= 11 is 1.69. The first-order valence-corrected chi connectivity index (χ1v) is 9.67. The van der Waals surface area contributed by atoms with E-state index in [0.717, 1.165) is 22.6 Å². The summed E-state index contributed by atoms with van der Waals surface area (Å²) in [5, 5.41) is 5.80. The molecule has 3 rings (SSSR count). The largest absolute Gasteiger partial charge is 0.352 e. The minimum Gasteiger partial charge on any atom is -0.352 e. The summed E-state index contributed by atoms with van der Waals surface area (Å²) in [7, 11) is 0. The van der Waals surface area contributed by atoms with Gasteiger partial charge in [-0.1, -0.05) is 18.2 Å². The molecule has 1 heterocycles. The molecule has 6 heteroatoms. The number of amides is 2. The van der Waals surface area contributed by atoms with Crippen molar-refractivity contribution in [3.8, 4) is 0 Å². The predicted octanol–water partition coefficient (Wildman–Crippen LogP) is 3.69. The van der Waals surface area contributed by atoms with E-state index >= 15 is 0 Å². The van der Waals surface area contributed by atoms with E-state index in [1.807, 2.05) is 18.2 Å². The number of hydrogen-bond acceptors (Lipinski definition) is 3. The van der Waals surface area contributed by atoms with E-state index in [2.05, 4.69) is 10.6 Å². The molecule has 0 spiro atoms. The summed E-state index contributed by atoms with van der Waals surface area (Å²) in [6, 6.07) is 13.6. The molecule has 0 saturated carbocycles. The standard InChI is InChI=1S/C20H21FN2O2S/c21-15-8-9-18-16(13-15)17(10-12-26-18)23-19(24)7-4-11-22-20(25)14-5-2-1-3-6-14/h1-3,5-6,8-9,13,17H,4,7,10-12H2,(H,22,25)(H,23,24). The SMILES string of the molecule is O=C(CCCNC(=O)c1ccccc1)NC1CCSc2ccc(F)cc21. The van der Waals surface area contributed by atoms with Gasteiger partial charge in [0.1, 0.15) is 5.82 Å². The van der Waals surface area contributed by atoms with Gasteiger partial charge in [0, 0.05) is 29.2 Å². The lowest BCUT2D eigenvalue weighted by atomic mass is 10.0. The molecule has 0 radical (unpaired) electrons. The van der Waals surface area contributed by atoms with Crippen LogP contribution in [0.5, 0.6) is 0 Å². The van der Waals surface area contributed by atoms with E-state index < -0.39 is 0 Å². The van der Waals surface area contributed by atoms with E-state index in [9.17, 15) is 14.0 Å².